The van der Waals surface area contributed by atoms with Crippen LogP contribution in [-0.2, 0) is 11.2 Å². The molecular weight excluding hydrogens is 286 g/mol. The maximum Gasteiger partial charge on any atom is 0.315 e. The number of hydrogen-bond acceptors (Lipinski definition) is 4. The van der Waals surface area contributed by atoms with E-state index in [1.807, 2.05) is 27.0 Å². The van der Waals surface area contributed by atoms with E-state index in [2.05, 4.69) is 29.5 Å². The van der Waals surface area contributed by atoms with Crippen molar-refractivity contribution in [2.75, 3.05) is 6.54 Å². The minimum Gasteiger partial charge on any atom is -0.367 e. The molecular formula is C15H25N3O2S. The van der Waals surface area contributed by atoms with E-state index in [4.69, 9.17) is 4.74 Å². The lowest BCUT2D eigenvalue weighted by Crippen LogP contribution is -2.50. The number of aromatic nitrogens is 1. The molecule has 1 aromatic rings. The monoisotopic (exact) mass is 311 g/mol. The molecule has 0 bridgehead atoms. The summed E-state index contributed by atoms with van der Waals surface area (Å²) >= 11 is 1.67. The Labute approximate surface area is 130 Å². The third kappa shape index (κ3) is 4.41. The van der Waals surface area contributed by atoms with Crippen LogP contribution in [0.15, 0.2) is 6.20 Å². The van der Waals surface area contributed by atoms with Gasteiger partial charge in [-0.1, -0.05) is 0 Å². The Hall–Kier alpha value is -1.14. The van der Waals surface area contributed by atoms with Gasteiger partial charge in [-0.15, -0.1) is 11.3 Å². The molecule has 1 aliphatic rings. The van der Waals surface area contributed by atoms with Gasteiger partial charge in [-0.25, -0.2) is 9.78 Å². The highest BCUT2D eigenvalue weighted by Crippen LogP contribution is 2.37. The topological polar surface area (TPSA) is 63.2 Å². The molecule has 0 aromatic carbocycles. The van der Waals surface area contributed by atoms with Crippen molar-refractivity contribution in [2.24, 2.45) is 0 Å². The van der Waals surface area contributed by atoms with Crippen LogP contribution in [0.25, 0.3) is 0 Å². The fourth-order valence-electron chi connectivity index (χ4n) is 2.80. The first-order valence-corrected chi connectivity index (χ1v) is 8.15. The van der Waals surface area contributed by atoms with Crippen LogP contribution in [-0.4, -0.2) is 34.8 Å². The van der Waals surface area contributed by atoms with Crippen molar-refractivity contribution < 1.29 is 9.53 Å². The van der Waals surface area contributed by atoms with E-state index in [-0.39, 0.29) is 23.3 Å². The van der Waals surface area contributed by atoms with Crippen molar-refractivity contribution in [3.63, 3.8) is 0 Å². The summed E-state index contributed by atoms with van der Waals surface area (Å²) in [6, 6.07) is -0.114. The largest absolute Gasteiger partial charge is 0.367 e. The molecule has 1 saturated heterocycles. The summed E-state index contributed by atoms with van der Waals surface area (Å²) < 4.78 is 5.98. The van der Waals surface area contributed by atoms with E-state index < -0.39 is 0 Å². The van der Waals surface area contributed by atoms with Crippen molar-refractivity contribution in [2.45, 2.75) is 64.7 Å². The fraction of sp³-hybridized carbons (Fsp3) is 0.733. The highest BCUT2D eigenvalue weighted by molar-refractivity contribution is 7.11. The summed E-state index contributed by atoms with van der Waals surface area (Å²) in [7, 11) is 0. The Bertz CT molecular complexity index is 511. The second-order valence-electron chi connectivity index (χ2n) is 6.74. The van der Waals surface area contributed by atoms with Crippen molar-refractivity contribution in [1.29, 1.82) is 0 Å². The Balaban J connectivity index is 1.77. The normalized spacial score (nSPS) is 23.0. The first kappa shape index (κ1) is 16.2. The number of carbonyl (C=O) groups is 1. The predicted molar refractivity (Wildman–Crippen MR) is 84.7 cm³/mol. The summed E-state index contributed by atoms with van der Waals surface area (Å²) in [6.07, 6.45) is 3.45. The van der Waals surface area contributed by atoms with E-state index in [0.717, 1.165) is 17.8 Å². The molecule has 0 radical (unpaired) electrons. The maximum atomic E-state index is 12.0. The molecule has 0 aliphatic carbocycles. The summed E-state index contributed by atoms with van der Waals surface area (Å²) in [5.41, 5.74) is -0.535. The maximum absolute atomic E-state index is 12.0. The van der Waals surface area contributed by atoms with Crippen molar-refractivity contribution in [3.8, 4) is 0 Å². The Morgan fingerprint density at radius 1 is 1.48 bits per heavy atom. The molecule has 5 nitrogen and oxygen atoms in total. The van der Waals surface area contributed by atoms with Gasteiger partial charge < -0.3 is 15.4 Å². The average molecular weight is 311 g/mol. The summed E-state index contributed by atoms with van der Waals surface area (Å²) in [5.74, 6) is 0. The second kappa shape index (κ2) is 5.93. The first-order valence-electron chi connectivity index (χ1n) is 7.34. The molecule has 2 heterocycles. The van der Waals surface area contributed by atoms with Crippen LogP contribution >= 0.6 is 11.3 Å². The molecule has 1 fully saturated rings. The Morgan fingerprint density at radius 2 is 2.19 bits per heavy atom. The first-order chi connectivity index (χ1) is 9.68. The van der Waals surface area contributed by atoms with Gasteiger partial charge in [0, 0.05) is 24.0 Å². The van der Waals surface area contributed by atoms with Gasteiger partial charge >= 0.3 is 6.03 Å². The van der Waals surface area contributed by atoms with Crippen LogP contribution in [0.4, 0.5) is 4.79 Å². The zero-order valence-electron chi connectivity index (χ0n) is 13.4. The van der Waals surface area contributed by atoms with E-state index in [1.54, 1.807) is 11.3 Å². The molecule has 118 valence electrons. The van der Waals surface area contributed by atoms with Gasteiger partial charge in [-0.2, -0.15) is 0 Å². The van der Waals surface area contributed by atoms with Crippen LogP contribution in [0.2, 0.25) is 0 Å². The van der Waals surface area contributed by atoms with Gasteiger partial charge in [0.1, 0.15) is 0 Å². The number of hydrogen-bond donors (Lipinski definition) is 2. The Morgan fingerprint density at radius 3 is 2.71 bits per heavy atom. The lowest BCUT2D eigenvalue weighted by Gasteiger charge is -2.27. The third-order valence-electron chi connectivity index (χ3n) is 3.67. The zero-order valence-corrected chi connectivity index (χ0v) is 14.3. The van der Waals surface area contributed by atoms with Crippen LogP contribution in [0, 0.1) is 6.92 Å². The summed E-state index contributed by atoms with van der Waals surface area (Å²) in [4.78, 5) is 17.5. The Kier molecular flexibility index (Phi) is 4.58. The molecule has 21 heavy (non-hydrogen) atoms. The minimum atomic E-state index is -0.340. The molecule has 1 aromatic heterocycles. The van der Waals surface area contributed by atoms with Crippen LogP contribution in [0.3, 0.4) is 0 Å². The lowest BCUT2D eigenvalue weighted by molar-refractivity contribution is -0.0690. The van der Waals surface area contributed by atoms with Gasteiger partial charge in [0.05, 0.1) is 22.3 Å². The number of thiazole rings is 1. The lowest BCUT2D eigenvalue weighted by atomic mass is 9.95. The van der Waals surface area contributed by atoms with Crippen LogP contribution in [0.5, 0.6) is 0 Å². The summed E-state index contributed by atoms with van der Waals surface area (Å²) in [6.45, 7) is 10.8. The van der Waals surface area contributed by atoms with E-state index in [1.165, 1.54) is 4.88 Å². The standard InChI is InChI=1S/C15H25N3O2S/c1-10-9-17-12(21-10)6-7-16-13(19)18-11-8-14(2,3)20-15(11,4)5/h9,11H,6-8H2,1-5H3,(H2,16,18,19)/t11-/m0/s1. The SMILES string of the molecule is Cc1cnc(CCNC(=O)N[C@H]2CC(C)(C)OC2(C)C)s1. The van der Waals surface area contributed by atoms with E-state index in [0.29, 0.717) is 6.54 Å². The number of amides is 2. The van der Waals surface area contributed by atoms with Crippen molar-refractivity contribution in [1.82, 2.24) is 15.6 Å². The van der Waals surface area contributed by atoms with Gasteiger partial charge in [-0.05, 0) is 41.0 Å². The molecule has 0 unspecified atom stereocenters. The number of urea groups is 1. The van der Waals surface area contributed by atoms with Gasteiger partial charge in [0.25, 0.3) is 0 Å². The molecule has 0 saturated carbocycles. The molecule has 0 spiro atoms. The zero-order chi connectivity index (χ0) is 15.7. The molecule has 2 rings (SSSR count). The van der Waals surface area contributed by atoms with E-state index in [9.17, 15) is 4.79 Å². The number of nitrogens with one attached hydrogen (secondary N) is 2. The summed E-state index contributed by atoms with van der Waals surface area (Å²) in [5, 5.41) is 6.97. The highest BCUT2D eigenvalue weighted by atomic mass is 32.1. The van der Waals surface area contributed by atoms with Gasteiger partial charge in [-0.3, -0.25) is 0 Å². The number of carbonyl (C=O) groups excluding carboxylic acids is 1. The number of ether oxygens (including phenoxy) is 1. The number of aryl methyl sites for hydroxylation is 1. The molecule has 1 atom stereocenters. The van der Waals surface area contributed by atoms with E-state index >= 15 is 0 Å². The van der Waals surface area contributed by atoms with Gasteiger partial charge in [0.2, 0.25) is 0 Å². The van der Waals surface area contributed by atoms with Crippen molar-refractivity contribution in [3.05, 3.63) is 16.1 Å². The molecule has 2 N–H and O–H groups in total. The van der Waals surface area contributed by atoms with Gasteiger partial charge in [0.15, 0.2) is 0 Å². The average Bonchev–Trinajstić information content (AvgIpc) is 2.80. The predicted octanol–water partition coefficient (Wildman–Crippen LogP) is 2.64. The quantitative estimate of drug-likeness (QED) is 0.898. The second-order valence-corrected chi connectivity index (χ2v) is 8.06. The smallest absolute Gasteiger partial charge is 0.315 e. The van der Waals surface area contributed by atoms with Crippen LogP contribution in [0.1, 0.15) is 44.0 Å². The highest BCUT2D eigenvalue weighted by Gasteiger charge is 2.46. The minimum absolute atomic E-state index is 0.0228. The number of rotatable bonds is 4. The molecule has 1 aliphatic heterocycles. The number of nitrogens with zero attached hydrogens (tertiary/aromatic N) is 1. The fourth-order valence-corrected chi connectivity index (χ4v) is 3.58. The molecule has 6 heteroatoms. The van der Waals surface area contributed by atoms with Crippen LogP contribution < -0.4 is 10.6 Å². The third-order valence-corrected chi connectivity index (χ3v) is 4.65. The van der Waals surface area contributed by atoms with Crippen molar-refractivity contribution >= 4 is 17.4 Å². The molecule has 2 amide bonds.